The Morgan fingerprint density at radius 1 is 1.33 bits per heavy atom. The molecule has 12 heavy (non-hydrogen) atoms. The minimum atomic E-state index is -0.279. The molecule has 0 aliphatic heterocycles. The Kier molecular flexibility index (Phi) is 7.35. The quantitative estimate of drug-likeness (QED) is 0.358. The summed E-state index contributed by atoms with van der Waals surface area (Å²) in [6, 6.07) is 0. The van der Waals surface area contributed by atoms with Crippen LogP contribution in [-0.2, 0) is 9.53 Å². The molecule has 68 valence electrons. The van der Waals surface area contributed by atoms with E-state index in [1.54, 1.807) is 13.0 Å². The van der Waals surface area contributed by atoms with Gasteiger partial charge in [0.05, 0.1) is 6.61 Å². The minimum absolute atomic E-state index is 0.279. The first kappa shape index (κ1) is 11.0. The topological polar surface area (TPSA) is 26.3 Å². The zero-order valence-electron chi connectivity index (χ0n) is 7.75. The van der Waals surface area contributed by atoms with Crippen LogP contribution < -0.4 is 0 Å². The van der Waals surface area contributed by atoms with Gasteiger partial charge < -0.3 is 4.74 Å². The molecule has 0 aromatic heterocycles. The van der Waals surface area contributed by atoms with Crippen molar-refractivity contribution in [3.8, 4) is 0 Å². The zero-order valence-corrected chi connectivity index (χ0v) is 7.75. The van der Waals surface area contributed by atoms with Crippen LogP contribution in [0.4, 0.5) is 0 Å². The van der Waals surface area contributed by atoms with E-state index in [0.717, 1.165) is 12.8 Å². The summed E-state index contributed by atoms with van der Waals surface area (Å²) < 4.78 is 4.69. The number of ether oxygens (including phenoxy) is 1. The second-order valence-corrected chi connectivity index (χ2v) is 2.33. The van der Waals surface area contributed by atoms with Crippen LogP contribution in [0.15, 0.2) is 24.3 Å². The number of hydrogen-bond acceptors (Lipinski definition) is 2. The van der Waals surface area contributed by atoms with E-state index >= 15 is 0 Å². The van der Waals surface area contributed by atoms with Crippen LogP contribution in [0.25, 0.3) is 0 Å². The fourth-order valence-electron chi connectivity index (χ4n) is 0.666. The summed E-state index contributed by atoms with van der Waals surface area (Å²) in [6.07, 6.45) is 9.19. The summed E-state index contributed by atoms with van der Waals surface area (Å²) >= 11 is 0. The van der Waals surface area contributed by atoms with Crippen LogP contribution in [0.1, 0.15) is 26.7 Å². The monoisotopic (exact) mass is 168 g/mol. The highest BCUT2D eigenvalue weighted by molar-refractivity contribution is 5.82. The first-order valence-corrected chi connectivity index (χ1v) is 4.31. The van der Waals surface area contributed by atoms with Gasteiger partial charge in [-0.2, -0.15) is 0 Å². The summed E-state index contributed by atoms with van der Waals surface area (Å²) in [5.74, 6) is -0.279. The van der Waals surface area contributed by atoms with Gasteiger partial charge in [-0.05, 0) is 13.3 Å². The molecule has 0 heterocycles. The van der Waals surface area contributed by atoms with Crippen molar-refractivity contribution in [2.75, 3.05) is 6.61 Å². The van der Waals surface area contributed by atoms with Gasteiger partial charge in [-0.15, -0.1) is 0 Å². The molecule has 0 amide bonds. The molecule has 0 aromatic rings. The second-order valence-electron chi connectivity index (χ2n) is 2.33. The van der Waals surface area contributed by atoms with Gasteiger partial charge in [-0.1, -0.05) is 31.6 Å². The van der Waals surface area contributed by atoms with Gasteiger partial charge in [0.25, 0.3) is 0 Å². The first-order valence-electron chi connectivity index (χ1n) is 4.31. The smallest absolute Gasteiger partial charge is 0.330 e. The minimum Gasteiger partial charge on any atom is -0.463 e. The molecule has 0 aliphatic carbocycles. The molecule has 0 spiro atoms. The Labute approximate surface area is 73.9 Å². The fourth-order valence-corrected chi connectivity index (χ4v) is 0.666. The third-order valence-electron chi connectivity index (χ3n) is 1.22. The van der Waals surface area contributed by atoms with E-state index in [2.05, 4.69) is 11.7 Å². The zero-order chi connectivity index (χ0) is 9.23. The molecule has 0 rings (SSSR count). The molecule has 0 atom stereocenters. The average Bonchev–Trinajstić information content (AvgIpc) is 2.05. The van der Waals surface area contributed by atoms with Crippen molar-refractivity contribution in [2.24, 2.45) is 0 Å². The SMILES string of the molecule is CCCC=CC=CC(=O)OCC. The molecule has 0 radical (unpaired) electrons. The van der Waals surface area contributed by atoms with E-state index in [1.165, 1.54) is 6.08 Å². The largest absolute Gasteiger partial charge is 0.463 e. The predicted molar refractivity (Wildman–Crippen MR) is 49.8 cm³/mol. The normalized spacial score (nSPS) is 11.2. The Morgan fingerprint density at radius 3 is 2.67 bits per heavy atom. The van der Waals surface area contributed by atoms with Gasteiger partial charge in [0.15, 0.2) is 0 Å². The molecular weight excluding hydrogens is 152 g/mol. The highest BCUT2D eigenvalue weighted by Gasteiger charge is 1.89. The third kappa shape index (κ3) is 7.06. The molecule has 0 fully saturated rings. The Hall–Kier alpha value is -1.05. The summed E-state index contributed by atoms with van der Waals surface area (Å²) in [4.78, 5) is 10.7. The van der Waals surface area contributed by atoms with Crippen molar-refractivity contribution in [3.05, 3.63) is 24.3 Å². The van der Waals surface area contributed by atoms with E-state index in [4.69, 9.17) is 0 Å². The molecule has 0 saturated carbocycles. The maximum Gasteiger partial charge on any atom is 0.330 e. The lowest BCUT2D eigenvalue weighted by Gasteiger charge is -1.92. The molecule has 0 unspecified atom stereocenters. The van der Waals surface area contributed by atoms with Gasteiger partial charge in [0.1, 0.15) is 0 Å². The maximum absolute atomic E-state index is 10.7. The molecule has 2 heteroatoms. The number of unbranched alkanes of at least 4 members (excludes halogenated alkanes) is 1. The standard InChI is InChI=1S/C10H16O2/c1-3-5-6-7-8-9-10(11)12-4-2/h6-9H,3-5H2,1-2H3. The summed E-state index contributed by atoms with van der Waals surface area (Å²) in [6.45, 7) is 4.33. The summed E-state index contributed by atoms with van der Waals surface area (Å²) in [5.41, 5.74) is 0. The molecule has 0 N–H and O–H groups in total. The number of carbonyl (C=O) groups excluding carboxylic acids is 1. The van der Waals surface area contributed by atoms with E-state index in [1.807, 2.05) is 12.2 Å². The third-order valence-corrected chi connectivity index (χ3v) is 1.22. The molecule has 2 nitrogen and oxygen atoms in total. The van der Waals surface area contributed by atoms with Gasteiger partial charge in [-0.3, -0.25) is 0 Å². The molecule has 0 aromatic carbocycles. The summed E-state index contributed by atoms with van der Waals surface area (Å²) in [7, 11) is 0. The summed E-state index contributed by atoms with van der Waals surface area (Å²) in [5, 5.41) is 0. The van der Waals surface area contributed by atoms with Crippen LogP contribution >= 0.6 is 0 Å². The lowest BCUT2D eigenvalue weighted by molar-refractivity contribution is -0.137. The van der Waals surface area contributed by atoms with Crippen LogP contribution in [0, 0.1) is 0 Å². The molecule has 0 bridgehead atoms. The van der Waals surface area contributed by atoms with Crippen molar-refractivity contribution in [1.29, 1.82) is 0 Å². The van der Waals surface area contributed by atoms with E-state index in [9.17, 15) is 4.79 Å². The van der Waals surface area contributed by atoms with Crippen molar-refractivity contribution in [1.82, 2.24) is 0 Å². The molecule has 0 aliphatic rings. The Bertz CT molecular complexity index is 169. The van der Waals surface area contributed by atoms with Crippen LogP contribution in [0.5, 0.6) is 0 Å². The number of esters is 1. The maximum atomic E-state index is 10.7. The second kappa shape index (κ2) is 8.05. The van der Waals surface area contributed by atoms with Gasteiger partial charge in [-0.25, -0.2) is 4.79 Å². The number of hydrogen-bond donors (Lipinski definition) is 0. The first-order chi connectivity index (χ1) is 5.81. The van der Waals surface area contributed by atoms with E-state index in [0.29, 0.717) is 6.61 Å². The van der Waals surface area contributed by atoms with E-state index in [-0.39, 0.29) is 5.97 Å². The van der Waals surface area contributed by atoms with Gasteiger partial charge in [0.2, 0.25) is 0 Å². The van der Waals surface area contributed by atoms with Crippen LogP contribution in [0.3, 0.4) is 0 Å². The average molecular weight is 168 g/mol. The van der Waals surface area contributed by atoms with Gasteiger partial charge in [0, 0.05) is 6.08 Å². The highest BCUT2D eigenvalue weighted by atomic mass is 16.5. The van der Waals surface area contributed by atoms with Crippen molar-refractivity contribution >= 4 is 5.97 Å². The Morgan fingerprint density at radius 2 is 2.08 bits per heavy atom. The number of allylic oxidation sites excluding steroid dienone is 3. The Balaban J connectivity index is 3.53. The number of carbonyl (C=O) groups is 1. The predicted octanol–water partition coefficient (Wildman–Crippen LogP) is 2.46. The molecule has 0 saturated heterocycles. The van der Waals surface area contributed by atoms with Crippen molar-refractivity contribution in [3.63, 3.8) is 0 Å². The lowest BCUT2D eigenvalue weighted by atomic mass is 10.3. The fraction of sp³-hybridized carbons (Fsp3) is 0.500. The number of rotatable bonds is 5. The molecular formula is C10H16O2. The van der Waals surface area contributed by atoms with Crippen molar-refractivity contribution in [2.45, 2.75) is 26.7 Å². The highest BCUT2D eigenvalue weighted by Crippen LogP contribution is 1.89. The van der Waals surface area contributed by atoms with Crippen LogP contribution in [0.2, 0.25) is 0 Å². The lowest BCUT2D eigenvalue weighted by Crippen LogP contribution is -1.98. The van der Waals surface area contributed by atoms with Gasteiger partial charge >= 0.3 is 5.97 Å². The van der Waals surface area contributed by atoms with E-state index < -0.39 is 0 Å². The van der Waals surface area contributed by atoms with Crippen LogP contribution in [-0.4, -0.2) is 12.6 Å². The van der Waals surface area contributed by atoms with Crippen molar-refractivity contribution < 1.29 is 9.53 Å².